The smallest absolute Gasteiger partial charge is 0.368 e. The van der Waals surface area contributed by atoms with Crippen molar-refractivity contribution in [1.82, 2.24) is 19.0 Å². The quantitative estimate of drug-likeness (QED) is 0.580. The van der Waals surface area contributed by atoms with E-state index in [-0.39, 0.29) is 23.7 Å². The highest BCUT2D eigenvalue weighted by molar-refractivity contribution is 5.93. The molecule has 2 atom stereocenters. The molecule has 2 aliphatic rings. The molecule has 34 heavy (non-hydrogen) atoms. The highest BCUT2D eigenvalue weighted by atomic mass is 19.4. The molecule has 178 valence electrons. The third-order valence-corrected chi connectivity index (χ3v) is 6.39. The molecule has 0 unspecified atom stereocenters. The van der Waals surface area contributed by atoms with Gasteiger partial charge in [-0.3, -0.25) is 9.59 Å². The predicted octanol–water partition coefficient (Wildman–Crippen LogP) is 3.74. The van der Waals surface area contributed by atoms with Gasteiger partial charge in [0.25, 0.3) is 11.5 Å². The van der Waals surface area contributed by atoms with E-state index in [9.17, 15) is 22.8 Å². The first-order valence-corrected chi connectivity index (χ1v) is 11.1. The van der Waals surface area contributed by atoms with Gasteiger partial charge in [-0.15, -0.1) is 0 Å². The van der Waals surface area contributed by atoms with Crippen LogP contribution in [-0.4, -0.2) is 44.1 Å². The lowest BCUT2D eigenvalue weighted by atomic mass is 10.0. The van der Waals surface area contributed by atoms with Crippen LogP contribution in [0.2, 0.25) is 0 Å². The molecular formula is C24H23F3N4O3. The van der Waals surface area contributed by atoms with E-state index >= 15 is 0 Å². The molecule has 3 aromatic rings. The Kier molecular flexibility index (Phi) is 5.55. The highest BCUT2D eigenvalue weighted by Gasteiger charge is 2.34. The molecule has 0 N–H and O–H groups in total. The van der Waals surface area contributed by atoms with Crippen LogP contribution in [0.3, 0.4) is 0 Å². The van der Waals surface area contributed by atoms with Gasteiger partial charge in [0, 0.05) is 25.8 Å². The molecule has 0 spiro atoms. The summed E-state index contributed by atoms with van der Waals surface area (Å²) in [6, 6.07) is 8.31. The maximum absolute atomic E-state index is 13.1. The number of alkyl halides is 3. The Hall–Kier alpha value is -3.40. The SMILES string of the molecule is Cc1cn(-c2ccc3n(c2=O)CCN(C[C@@H]2CC[C@H](c4ccc(C(F)(F)F)cc4)O2)C3=O)cn1. The molecule has 10 heteroatoms. The molecule has 2 aromatic heterocycles. The summed E-state index contributed by atoms with van der Waals surface area (Å²) in [6.45, 7) is 2.95. The van der Waals surface area contributed by atoms with E-state index in [1.54, 1.807) is 34.1 Å². The van der Waals surface area contributed by atoms with Gasteiger partial charge >= 0.3 is 6.18 Å². The molecule has 1 saturated heterocycles. The zero-order chi connectivity index (χ0) is 24.0. The van der Waals surface area contributed by atoms with Gasteiger partial charge in [0.05, 0.1) is 29.8 Å². The largest absolute Gasteiger partial charge is 0.416 e. The number of pyridine rings is 1. The fourth-order valence-electron chi connectivity index (χ4n) is 4.60. The summed E-state index contributed by atoms with van der Waals surface area (Å²) in [5.74, 6) is -0.238. The molecule has 5 rings (SSSR count). The Balaban J connectivity index is 1.26. The number of imidazole rings is 1. The maximum atomic E-state index is 13.1. The van der Waals surface area contributed by atoms with Crippen LogP contribution in [0.4, 0.5) is 13.2 Å². The average molecular weight is 472 g/mol. The van der Waals surface area contributed by atoms with Gasteiger partial charge in [0.15, 0.2) is 0 Å². The number of aryl methyl sites for hydroxylation is 1. The van der Waals surface area contributed by atoms with E-state index in [2.05, 4.69) is 4.98 Å². The van der Waals surface area contributed by atoms with Crippen molar-refractivity contribution in [1.29, 1.82) is 0 Å². The second-order valence-electron chi connectivity index (χ2n) is 8.68. The minimum Gasteiger partial charge on any atom is -0.368 e. The standard InChI is InChI=1S/C24H23F3N4O3/c1-15-12-30(14-28-15)19-7-8-20-22(32)29(10-11-31(20)23(19)33)13-18-6-9-21(34-18)16-2-4-17(5-3-16)24(25,26)27/h2-5,7-8,12,14,18,21H,6,9-11,13H2,1H3/t18-,21+/m0/s1. The molecule has 2 aliphatic heterocycles. The number of hydrogen-bond donors (Lipinski definition) is 0. The Labute approximate surface area is 193 Å². The summed E-state index contributed by atoms with van der Waals surface area (Å²) >= 11 is 0. The minimum atomic E-state index is -4.37. The molecule has 7 nitrogen and oxygen atoms in total. The Morgan fingerprint density at radius 3 is 2.50 bits per heavy atom. The number of nitrogens with zero attached hydrogens (tertiary/aromatic N) is 4. The monoisotopic (exact) mass is 472 g/mol. The number of rotatable bonds is 4. The van der Waals surface area contributed by atoms with E-state index in [1.807, 2.05) is 6.92 Å². The average Bonchev–Trinajstić information content (AvgIpc) is 3.45. The number of carbonyl (C=O) groups is 1. The topological polar surface area (TPSA) is 69.4 Å². The summed E-state index contributed by atoms with van der Waals surface area (Å²) in [5.41, 5.74) is 1.31. The summed E-state index contributed by atoms with van der Waals surface area (Å²) < 4.78 is 47.6. The fourth-order valence-corrected chi connectivity index (χ4v) is 4.60. The molecule has 0 saturated carbocycles. The Morgan fingerprint density at radius 1 is 1.06 bits per heavy atom. The van der Waals surface area contributed by atoms with Gasteiger partial charge in [-0.25, -0.2) is 4.98 Å². The van der Waals surface area contributed by atoms with E-state index in [1.165, 1.54) is 16.7 Å². The number of ether oxygens (including phenoxy) is 1. The minimum absolute atomic E-state index is 0.220. The lowest BCUT2D eigenvalue weighted by Crippen LogP contribution is -2.47. The number of carbonyl (C=O) groups excluding carboxylic acids is 1. The van der Waals surface area contributed by atoms with Crippen LogP contribution in [0.25, 0.3) is 5.69 Å². The number of aromatic nitrogens is 3. The van der Waals surface area contributed by atoms with E-state index in [0.717, 1.165) is 17.8 Å². The van der Waals surface area contributed by atoms with Crippen LogP contribution in [0.15, 0.2) is 53.7 Å². The summed E-state index contributed by atoms with van der Waals surface area (Å²) in [4.78, 5) is 31.9. The molecule has 4 heterocycles. The second-order valence-corrected chi connectivity index (χ2v) is 8.68. The lowest BCUT2D eigenvalue weighted by molar-refractivity contribution is -0.137. The lowest BCUT2D eigenvalue weighted by Gasteiger charge is -2.31. The van der Waals surface area contributed by atoms with E-state index in [4.69, 9.17) is 4.74 Å². The predicted molar refractivity (Wildman–Crippen MR) is 117 cm³/mol. The summed E-state index contributed by atoms with van der Waals surface area (Å²) in [7, 11) is 0. The third kappa shape index (κ3) is 4.13. The Morgan fingerprint density at radius 2 is 1.82 bits per heavy atom. The van der Waals surface area contributed by atoms with Crippen molar-refractivity contribution >= 4 is 5.91 Å². The number of halogens is 3. The maximum Gasteiger partial charge on any atom is 0.416 e. The van der Waals surface area contributed by atoms with E-state index in [0.29, 0.717) is 49.4 Å². The van der Waals surface area contributed by atoms with Crippen LogP contribution in [-0.2, 0) is 17.5 Å². The molecule has 1 aromatic carbocycles. The molecule has 0 radical (unpaired) electrons. The number of fused-ring (bicyclic) bond motifs is 1. The summed E-state index contributed by atoms with van der Waals surface area (Å²) in [6.07, 6.45) is -0.205. The number of amides is 1. The molecule has 0 bridgehead atoms. The first-order chi connectivity index (χ1) is 16.2. The second kappa shape index (κ2) is 8.43. The molecule has 1 amide bonds. The van der Waals surface area contributed by atoms with Crippen molar-refractivity contribution in [2.75, 3.05) is 13.1 Å². The van der Waals surface area contributed by atoms with Crippen molar-refractivity contribution in [2.24, 2.45) is 0 Å². The van der Waals surface area contributed by atoms with Gasteiger partial charge in [-0.2, -0.15) is 13.2 Å². The van der Waals surface area contributed by atoms with Gasteiger partial charge in [0.2, 0.25) is 0 Å². The van der Waals surface area contributed by atoms with Crippen molar-refractivity contribution in [3.05, 3.63) is 81.8 Å². The van der Waals surface area contributed by atoms with Gasteiger partial charge in [-0.1, -0.05) is 12.1 Å². The number of benzene rings is 1. The van der Waals surface area contributed by atoms with Gasteiger partial charge in [0.1, 0.15) is 11.4 Å². The first kappa shape index (κ1) is 22.4. The van der Waals surface area contributed by atoms with Crippen molar-refractivity contribution in [3.63, 3.8) is 0 Å². The fraction of sp³-hybridized carbons (Fsp3) is 0.375. The first-order valence-electron chi connectivity index (χ1n) is 11.1. The molecular weight excluding hydrogens is 449 g/mol. The number of hydrogen-bond acceptors (Lipinski definition) is 4. The highest BCUT2D eigenvalue weighted by Crippen LogP contribution is 2.35. The zero-order valence-electron chi connectivity index (χ0n) is 18.5. The van der Waals surface area contributed by atoms with Gasteiger partial charge in [-0.05, 0) is 49.6 Å². The summed E-state index contributed by atoms with van der Waals surface area (Å²) in [5, 5.41) is 0. The van der Waals surface area contributed by atoms with Crippen molar-refractivity contribution in [3.8, 4) is 5.69 Å². The van der Waals surface area contributed by atoms with Crippen LogP contribution in [0, 0.1) is 6.92 Å². The third-order valence-electron chi connectivity index (χ3n) is 6.39. The van der Waals surface area contributed by atoms with Crippen molar-refractivity contribution in [2.45, 2.75) is 44.7 Å². The van der Waals surface area contributed by atoms with Crippen molar-refractivity contribution < 1.29 is 22.7 Å². The normalized spacial score (nSPS) is 20.6. The van der Waals surface area contributed by atoms with Gasteiger partial charge < -0.3 is 18.8 Å². The van der Waals surface area contributed by atoms with E-state index < -0.39 is 11.7 Å². The van der Waals surface area contributed by atoms with Crippen LogP contribution < -0.4 is 5.56 Å². The van der Waals surface area contributed by atoms with Crippen LogP contribution >= 0.6 is 0 Å². The molecule has 0 aliphatic carbocycles. The molecule has 1 fully saturated rings. The van der Waals surface area contributed by atoms with Crippen LogP contribution in [0.5, 0.6) is 0 Å². The Bertz CT molecular complexity index is 1280. The van der Waals surface area contributed by atoms with Crippen LogP contribution in [0.1, 0.15) is 46.3 Å². The zero-order valence-corrected chi connectivity index (χ0v) is 18.5.